The highest BCUT2D eigenvalue weighted by Gasteiger charge is 2.73. The maximum atomic E-state index is 15.1. The molecule has 1 unspecified atom stereocenters. The number of nitro groups is 1. The minimum Gasteiger partial charge on any atom is -0.379 e. The molecule has 1 aliphatic heterocycles. The number of amides is 1. The van der Waals surface area contributed by atoms with E-state index < -0.39 is 62.7 Å². The number of alkyl halides is 7. The van der Waals surface area contributed by atoms with Crippen LogP contribution in [0.4, 0.5) is 40.8 Å². The van der Waals surface area contributed by atoms with Crippen molar-refractivity contribution in [3.05, 3.63) is 51.5 Å². The Morgan fingerprint density at radius 2 is 1.88 bits per heavy atom. The lowest BCUT2D eigenvalue weighted by Crippen LogP contribution is -2.50. The number of rotatable bonds is 8. The van der Waals surface area contributed by atoms with Crippen LogP contribution in [0.15, 0.2) is 34.4 Å². The first-order valence-corrected chi connectivity index (χ1v) is 11.5. The zero-order valence-electron chi connectivity index (χ0n) is 19.3. The maximum absolute atomic E-state index is 15.1. The number of halogens is 8. The molecule has 1 amide bonds. The van der Waals surface area contributed by atoms with E-state index in [1.165, 1.54) is 4.68 Å². The van der Waals surface area contributed by atoms with Gasteiger partial charge in [-0.05, 0) is 34.7 Å². The number of nitrogens with two attached hydrogens (primary N) is 1. The van der Waals surface area contributed by atoms with E-state index in [0.717, 1.165) is 6.07 Å². The number of nitrogens with zero attached hydrogens (tertiary/aromatic N) is 6. The molecule has 0 radical (unpaired) electrons. The van der Waals surface area contributed by atoms with Crippen molar-refractivity contribution in [1.29, 1.82) is 0 Å². The van der Waals surface area contributed by atoms with Gasteiger partial charge in [-0.2, -0.15) is 30.7 Å². The van der Waals surface area contributed by atoms with Crippen molar-refractivity contribution in [3.63, 3.8) is 0 Å². The molecule has 0 bridgehead atoms. The van der Waals surface area contributed by atoms with Gasteiger partial charge in [0.15, 0.2) is 0 Å². The van der Waals surface area contributed by atoms with Gasteiger partial charge < -0.3 is 10.5 Å². The number of tetrazole rings is 1. The summed E-state index contributed by atoms with van der Waals surface area (Å²) in [4.78, 5) is 25.6. The predicted octanol–water partition coefficient (Wildman–Crippen LogP) is 4.28. The number of nitro benzene ring substituents is 1. The van der Waals surface area contributed by atoms with E-state index in [4.69, 9.17) is 10.5 Å². The van der Waals surface area contributed by atoms with Gasteiger partial charge in [0.25, 0.3) is 5.69 Å². The first-order valence-electron chi connectivity index (χ1n) is 10.7. The highest BCUT2D eigenvalue weighted by atomic mass is 32.2. The summed E-state index contributed by atoms with van der Waals surface area (Å²) in [7, 11) is 0. The van der Waals surface area contributed by atoms with E-state index >= 15 is 4.39 Å². The molecule has 0 spiro atoms. The number of carbonyl (C=O) groups is 1. The quantitative estimate of drug-likeness (QED) is 0.227. The second-order valence-electron chi connectivity index (χ2n) is 8.22. The molecular weight excluding hydrogens is 586 g/mol. The Hall–Kier alpha value is -3.94. The number of non-ortho nitro benzene ring substituents is 1. The highest BCUT2D eigenvalue weighted by Crippen LogP contribution is 2.52. The molecule has 4 rings (SSSR count). The van der Waals surface area contributed by atoms with Crippen molar-refractivity contribution in [2.45, 2.75) is 40.5 Å². The average Bonchev–Trinajstić information content (AvgIpc) is 3.55. The summed E-state index contributed by atoms with van der Waals surface area (Å²) in [5.41, 5.74) is 0.209. The van der Waals surface area contributed by atoms with Crippen molar-refractivity contribution >= 4 is 23.4 Å². The molecule has 1 saturated heterocycles. The molecule has 1 atom stereocenters. The Morgan fingerprint density at radius 3 is 2.42 bits per heavy atom. The zero-order chi connectivity index (χ0) is 29.6. The number of carbonyl (C=O) groups excluding carboxylic acids is 1. The molecule has 11 nitrogen and oxygen atoms in total. The molecule has 40 heavy (non-hydrogen) atoms. The van der Waals surface area contributed by atoms with Crippen LogP contribution in [0.5, 0.6) is 0 Å². The molecule has 3 aromatic rings. The number of hydrogen-bond donors (Lipinski definition) is 1. The topological polar surface area (TPSA) is 152 Å². The van der Waals surface area contributed by atoms with Crippen molar-refractivity contribution in [2.24, 2.45) is 5.73 Å². The Labute approximate surface area is 220 Å². The van der Waals surface area contributed by atoms with Crippen molar-refractivity contribution < 1.29 is 49.6 Å². The fraction of sp³-hybridized carbons (Fsp3) is 0.350. The largest absolute Gasteiger partial charge is 0.460 e. The van der Waals surface area contributed by atoms with Crippen molar-refractivity contribution in [3.8, 4) is 11.3 Å². The predicted molar refractivity (Wildman–Crippen MR) is 116 cm³/mol. The Kier molecular flexibility index (Phi) is 7.43. The minimum absolute atomic E-state index is 0.0403. The molecule has 214 valence electrons. The molecule has 3 heterocycles. The Bertz CT molecular complexity index is 1480. The van der Waals surface area contributed by atoms with E-state index in [2.05, 4.69) is 20.5 Å². The first-order chi connectivity index (χ1) is 18.6. The van der Waals surface area contributed by atoms with Gasteiger partial charge in [-0.3, -0.25) is 19.9 Å². The molecule has 2 aromatic heterocycles. The van der Waals surface area contributed by atoms with Crippen molar-refractivity contribution in [2.75, 3.05) is 13.2 Å². The number of primary amides is 1. The van der Waals surface area contributed by atoms with Gasteiger partial charge in [-0.15, -0.1) is 5.10 Å². The Balaban J connectivity index is 1.89. The second-order valence-corrected chi connectivity index (χ2v) is 9.20. The van der Waals surface area contributed by atoms with Gasteiger partial charge in [0.1, 0.15) is 11.5 Å². The molecule has 0 saturated carbocycles. The van der Waals surface area contributed by atoms with Crippen LogP contribution in [0.25, 0.3) is 11.3 Å². The highest BCUT2D eigenvalue weighted by molar-refractivity contribution is 7.99. The summed E-state index contributed by atoms with van der Waals surface area (Å²) in [5, 5.41) is 22.6. The third-order valence-electron chi connectivity index (χ3n) is 5.67. The van der Waals surface area contributed by atoms with Gasteiger partial charge >= 0.3 is 18.0 Å². The summed E-state index contributed by atoms with van der Waals surface area (Å²) in [5.74, 6) is -15.7. The normalized spacial score (nSPS) is 16.4. The third kappa shape index (κ3) is 5.03. The van der Waals surface area contributed by atoms with E-state index in [-0.39, 0.29) is 35.0 Å². The molecule has 2 N–H and O–H groups in total. The monoisotopic (exact) mass is 599 g/mol. The van der Waals surface area contributed by atoms with Crippen LogP contribution in [-0.4, -0.2) is 61.3 Å². The van der Waals surface area contributed by atoms with Gasteiger partial charge in [-0.1, -0.05) is 0 Å². The van der Waals surface area contributed by atoms with Crippen LogP contribution in [0.3, 0.4) is 0 Å². The number of benzene rings is 1. The average molecular weight is 599 g/mol. The zero-order valence-corrected chi connectivity index (χ0v) is 20.2. The molecule has 1 aromatic carbocycles. The summed E-state index contributed by atoms with van der Waals surface area (Å²) in [6.07, 6.45) is -6.36. The summed E-state index contributed by atoms with van der Waals surface area (Å²) < 4.78 is 115. The van der Waals surface area contributed by atoms with Crippen LogP contribution >= 0.6 is 11.8 Å². The lowest BCUT2D eigenvalue weighted by molar-refractivity contribution is -0.384. The lowest BCUT2D eigenvalue weighted by Gasteiger charge is -2.28. The molecular formula is C20H13F8N7O4S. The van der Waals surface area contributed by atoms with Gasteiger partial charge in [0, 0.05) is 41.0 Å². The van der Waals surface area contributed by atoms with Gasteiger partial charge in [0.05, 0.1) is 23.1 Å². The standard InChI is InChI=1S/C20H13F8N7O4S/c21-13-3-8(18(22,23)19(24,25)20(26,27)28)6-30-14(13)11-4-10(35(37)38)5-12(16(29)36)15(11)40-17-31-32-33-34(17)9-1-2-39-7-9/h3-6,9H,1-2,7H2,(H2,29,36). The fourth-order valence-corrected chi connectivity index (χ4v) is 4.72. The van der Waals surface area contributed by atoms with E-state index in [1.54, 1.807) is 0 Å². The van der Waals surface area contributed by atoms with Crippen LogP contribution < -0.4 is 5.73 Å². The SMILES string of the molecule is NC(=O)c1cc([N+](=O)[O-])cc(-c2ncc(C(F)(F)C(F)(F)C(F)(F)F)cc2F)c1Sc1nnnn1C1CCOC1. The molecule has 0 aliphatic carbocycles. The maximum Gasteiger partial charge on any atom is 0.460 e. The summed E-state index contributed by atoms with van der Waals surface area (Å²) in [6.45, 7) is 0.562. The van der Waals surface area contributed by atoms with Crippen LogP contribution in [-0.2, 0) is 10.7 Å². The Morgan fingerprint density at radius 1 is 1.18 bits per heavy atom. The summed E-state index contributed by atoms with van der Waals surface area (Å²) >= 11 is 0.555. The first kappa shape index (κ1) is 29.1. The van der Waals surface area contributed by atoms with Gasteiger partial charge in [0.2, 0.25) is 11.1 Å². The van der Waals surface area contributed by atoms with Crippen LogP contribution in [0, 0.1) is 15.9 Å². The second kappa shape index (κ2) is 10.2. The number of pyridine rings is 1. The number of aromatic nitrogens is 5. The van der Waals surface area contributed by atoms with Crippen LogP contribution in [0.1, 0.15) is 28.4 Å². The minimum atomic E-state index is -6.69. The fourth-order valence-electron chi connectivity index (χ4n) is 3.64. The number of hydrogen-bond acceptors (Lipinski definition) is 9. The number of ether oxygens (including phenoxy) is 1. The van der Waals surface area contributed by atoms with Crippen LogP contribution in [0.2, 0.25) is 0 Å². The molecule has 20 heteroatoms. The lowest BCUT2D eigenvalue weighted by atomic mass is 10.0. The molecule has 1 fully saturated rings. The van der Waals surface area contributed by atoms with E-state index in [1.807, 2.05) is 0 Å². The third-order valence-corrected chi connectivity index (χ3v) is 6.76. The smallest absolute Gasteiger partial charge is 0.379 e. The van der Waals surface area contributed by atoms with E-state index in [9.17, 15) is 45.6 Å². The summed E-state index contributed by atoms with van der Waals surface area (Å²) in [6, 6.07) is 0.710. The van der Waals surface area contributed by atoms with E-state index in [0.29, 0.717) is 30.9 Å². The van der Waals surface area contributed by atoms with Crippen molar-refractivity contribution in [1.82, 2.24) is 25.2 Å². The molecule has 1 aliphatic rings. The van der Waals surface area contributed by atoms with Gasteiger partial charge in [-0.25, -0.2) is 9.07 Å².